The quantitative estimate of drug-likeness (QED) is 0.157. The number of fused-ring (bicyclic) bond motifs is 1. The van der Waals surface area contributed by atoms with E-state index < -0.39 is 11.6 Å². The fourth-order valence-corrected chi connectivity index (χ4v) is 3.08. The SMILES string of the molecule is CCC=CCCOc1ccc2c(OC(C)=O)c(OCC=C(C)CCC=C(C)C)c(=O)oc2c1. The maximum atomic E-state index is 12.6. The molecule has 0 unspecified atom stereocenters. The molecule has 1 heterocycles. The lowest BCUT2D eigenvalue weighted by molar-refractivity contribution is -0.131. The molecule has 0 saturated carbocycles. The number of rotatable bonds is 12. The van der Waals surface area contributed by atoms with Crippen LogP contribution in [-0.4, -0.2) is 19.2 Å². The van der Waals surface area contributed by atoms with Gasteiger partial charge in [-0.1, -0.05) is 36.3 Å². The Bertz CT molecular complexity index is 1080. The summed E-state index contributed by atoms with van der Waals surface area (Å²) in [5.41, 5.74) is 1.97. The van der Waals surface area contributed by atoms with Crippen LogP contribution in [0.25, 0.3) is 11.0 Å². The molecule has 0 radical (unpaired) electrons. The molecule has 0 atom stereocenters. The van der Waals surface area contributed by atoms with Gasteiger partial charge in [0.05, 0.1) is 12.0 Å². The van der Waals surface area contributed by atoms with Crippen LogP contribution in [0.15, 0.2) is 62.9 Å². The van der Waals surface area contributed by atoms with E-state index in [-0.39, 0.29) is 23.7 Å². The fraction of sp³-hybridized carbons (Fsp3) is 0.407. The summed E-state index contributed by atoms with van der Waals surface area (Å²) in [4.78, 5) is 24.4. The van der Waals surface area contributed by atoms with Crippen LogP contribution in [0.5, 0.6) is 17.2 Å². The minimum absolute atomic E-state index is 0.0572. The van der Waals surface area contributed by atoms with Gasteiger partial charge in [0.15, 0.2) is 5.75 Å². The molecule has 0 amide bonds. The van der Waals surface area contributed by atoms with Crippen LogP contribution < -0.4 is 19.8 Å². The summed E-state index contributed by atoms with van der Waals surface area (Å²) in [7, 11) is 0. The molecule has 1 aromatic heterocycles. The Morgan fingerprint density at radius 2 is 1.79 bits per heavy atom. The molecule has 6 heteroatoms. The minimum atomic E-state index is -0.711. The first-order valence-corrected chi connectivity index (χ1v) is 11.3. The highest BCUT2D eigenvalue weighted by molar-refractivity contribution is 5.89. The molecule has 0 spiro atoms. The van der Waals surface area contributed by atoms with E-state index in [1.54, 1.807) is 18.2 Å². The Balaban J connectivity index is 2.23. The molecule has 0 N–H and O–H groups in total. The van der Waals surface area contributed by atoms with E-state index in [9.17, 15) is 9.59 Å². The molecule has 2 rings (SSSR count). The molecule has 0 bridgehead atoms. The number of hydrogen-bond donors (Lipinski definition) is 0. The molecule has 6 nitrogen and oxygen atoms in total. The Morgan fingerprint density at radius 1 is 1.00 bits per heavy atom. The van der Waals surface area contributed by atoms with Gasteiger partial charge in [0.1, 0.15) is 17.9 Å². The standard InChI is InChI=1S/C27H34O6/c1-6-7-8-9-16-30-22-13-14-23-24(18-22)33-27(29)26(25(23)32-21(5)28)31-17-15-20(4)12-10-11-19(2)3/h7-8,11,13-15,18H,6,9-10,12,16-17H2,1-5H3. The zero-order valence-corrected chi connectivity index (χ0v) is 20.2. The summed E-state index contributed by atoms with van der Waals surface area (Å²) in [6.45, 7) is 10.2. The van der Waals surface area contributed by atoms with E-state index in [2.05, 4.69) is 39.0 Å². The molecule has 1 aromatic carbocycles. The highest BCUT2D eigenvalue weighted by Crippen LogP contribution is 2.35. The molecule has 0 saturated heterocycles. The Labute approximate surface area is 195 Å². The van der Waals surface area contributed by atoms with Gasteiger partial charge < -0.3 is 18.6 Å². The van der Waals surface area contributed by atoms with Crippen LogP contribution in [0.3, 0.4) is 0 Å². The third-order valence-corrected chi connectivity index (χ3v) is 4.74. The van der Waals surface area contributed by atoms with Crippen LogP contribution >= 0.6 is 0 Å². The van der Waals surface area contributed by atoms with Crippen LogP contribution in [0, 0.1) is 0 Å². The van der Waals surface area contributed by atoms with Crippen molar-refractivity contribution >= 4 is 16.9 Å². The molecular weight excluding hydrogens is 420 g/mol. The monoisotopic (exact) mass is 454 g/mol. The van der Waals surface area contributed by atoms with E-state index in [4.69, 9.17) is 18.6 Å². The van der Waals surface area contributed by atoms with Gasteiger partial charge >= 0.3 is 11.6 Å². The zero-order valence-electron chi connectivity index (χ0n) is 20.2. The van der Waals surface area contributed by atoms with Crippen molar-refractivity contribution in [3.63, 3.8) is 0 Å². The van der Waals surface area contributed by atoms with Crippen LogP contribution in [0.4, 0.5) is 0 Å². The van der Waals surface area contributed by atoms with Gasteiger partial charge in [-0.25, -0.2) is 4.79 Å². The number of benzene rings is 1. The van der Waals surface area contributed by atoms with E-state index in [0.717, 1.165) is 31.3 Å². The highest BCUT2D eigenvalue weighted by atomic mass is 16.6. The van der Waals surface area contributed by atoms with Crippen molar-refractivity contribution in [1.29, 1.82) is 0 Å². The summed E-state index contributed by atoms with van der Waals surface area (Å²) in [5.74, 6) is -0.0534. The van der Waals surface area contributed by atoms with Crippen molar-refractivity contribution in [1.82, 2.24) is 0 Å². The van der Waals surface area contributed by atoms with Crippen molar-refractivity contribution in [3.05, 3.63) is 64.1 Å². The van der Waals surface area contributed by atoms with Gasteiger partial charge in [-0.05, 0) is 64.7 Å². The van der Waals surface area contributed by atoms with E-state index in [1.807, 2.05) is 13.0 Å². The maximum absolute atomic E-state index is 12.6. The second kappa shape index (κ2) is 13.3. The maximum Gasteiger partial charge on any atom is 0.383 e. The summed E-state index contributed by atoms with van der Waals surface area (Å²) in [6.07, 6.45) is 11.8. The summed E-state index contributed by atoms with van der Waals surface area (Å²) < 4.78 is 22.2. The average Bonchev–Trinajstić information content (AvgIpc) is 2.74. The largest absolute Gasteiger partial charge is 0.493 e. The van der Waals surface area contributed by atoms with E-state index in [0.29, 0.717) is 17.7 Å². The summed E-state index contributed by atoms with van der Waals surface area (Å²) in [5, 5.41) is 0.460. The molecule has 33 heavy (non-hydrogen) atoms. The number of carbonyl (C=O) groups excluding carboxylic acids is 1. The second-order valence-corrected chi connectivity index (χ2v) is 8.00. The van der Waals surface area contributed by atoms with Crippen LogP contribution in [0.1, 0.15) is 60.3 Å². The first kappa shape index (κ1) is 26.0. The first-order valence-electron chi connectivity index (χ1n) is 11.3. The fourth-order valence-electron chi connectivity index (χ4n) is 3.08. The smallest absolute Gasteiger partial charge is 0.383 e. The number of carbonyl (C=O) groups is 1. The molecule has 0 aliphatic rings. The lowest BCUT2D eigenvalue weighted by Crippen LogP contribution is -2.12. The average molecular weight is 455 g/mol. The number of esters is 1. The third-order valence-electron chi connectivity index (χ3n) is 4.74. The molecular formula is C27H34O6. The normalized spacial score (nSPS) is 11.6. The summed E-state index contributed by atoms with van der Waals surface area (Å²) in [6, 6.07) is 5.06. The Hall–Kier alpha value is -3.28. The molecule has 0 aliphatic carbocycles. The number of ether oxygens (including phenoxy) is 3. The zero-order chi connectivity index (χ0) is 24.2. The van der Waals surface area contributed by atoms with Crippen LogP contribution in [-0.2, 0) is 4.79 Å². The van der Waals surface area contributed by atoms with Crippen molar-refractivity contribution in [2.75, 3.05) is 13.2 Å². The highest BCUT2D eigenvalue weighted by Gasteiger charge is 2.20. The lowest BCUT2D eigenvalue weighted by Gasteiger charge is -2.12. The minimum Gasteiger partial charge on any atom is -0.493 e. The number of hydrogen-bond acceptors (Lipinski definition) is 6. The summed E-state index contributed by atoms with van der Waals surface area (Å²) >= 11 is 0. The first-order chi connectivity index (χ1) is 15.8. The number of allylic oxidation sites excluding steroid dienone is 4. The van der Waals surface area contributed by atoms with Gasteiger partial charge in [0.2, 0.25) is 5.75 Å². The predicted octanol–water partition coefficient (Wildman–Crippen LogP) is 6.52. The van der Waals surface area contributed by atoms with Gasteiger partial charge in [-0.15, -0.1) is 0 Å². The Kier molecular flexibility index (Phi) is 10.5. The third kappa shape index (κ3) is 8.64. The molecule has 178 valence electrons. The van der Waals surface area contributed by atoms with Crippen molar-refractivity contribution in [3.8, 4) is 17.2 Å². The van der Waals surface area contributed by atoms with Gasteiger partial charge in [-0.3, -0.25) is 4.79 Å². The molecule has 0 aliphatic heterocycles. The van der Waals surface area contributed by atoms with Crippen molar-refractivity contribution < 1.29 is 23.4 Å². The topological polar surface area (TPSA) is 75.0 Å². The Morgan fingerprint density at radius 3 is 2.48 bits per heavy atom. The molecule has 2 aromatic rings. The lowest BCUT2D eigenvalue weighted by atomic mass is 10.1. The van der Waals surface area contributed by atoms with Crippen molar-refractivity contribution in [2.45, 2.75) is 60.3 Å². The van der Waals surface area contributed by atoms with Crippen molar-refractivity contribution in [2.24, 2.45) is 0 Å². The van der Waals surface area contributed by atoms with E-state index in [1.165, 1.54) is 12.5 Å². The van der Waals surface area contributed by atoms with E-state index >= 15 is 0 Å². The predicted molar refractivity (Wildman–Crippen MR) is 131 cm³/mol. The van der Waals surface area contributed by atoms with Gasteiger partial charge in [-0.2, -0.15) is 0 Å². The van der Waals surface area contributed by atoms with Gasteiger partial charge in [0.25, 0.3) is 0 Å². The molecule has 0 fully saturated rings. The van der Waals surface area contributed by atoms with Gasteiger partial charge in [0, 0.05) is 13.0 Å². The van der Waals surface area contributed by atoms with Crippen LogP contribution in [0.2, 0.25) is 0 Å². The second-order valence-electron chi connectivity index (χ2n) is 8.00.